The second-order valence-electron chi connectivity index (χ2n) is 5.91. The Morgan fingerprint density at radius 1 is 1.12 bits per heavy atom. The fourth-order valence-electron chi connectivity index (χ4n) is 2.58. The number of nitrogens with one attached hydrogen (secondary N) is 2. The third kappa shape index (κ3) is 6.85. The first kappa shape index (κ1) is 19.4. The quantitative estimate of drug-likeness (QED) is 0.595. The van der Waals surface area contributed by atoms with Gasteiger partial charge < -0.3 is 20.1 Å². The average molecular weight is 415 g/mol. The van der Waals surface area contributed by atoms with E-state index in [0.29, 0.717) is 43.4 Å². The van der Waals surface area contributed by atoms with Gasteiger partial charge in [-0.05, 0) is 41.6 Å². The summed E-state index contributed by atoms with van der Waals surface area (Å²) in [7, 11) is 0. The molecule has 2 heterocycles. The van der Waals surface area contributed by atoms with E-state index in [1.165, 1.54) is 6.07 Å². The minimum absolute atomic E-state index is 0.0784. The molecule has 1 aliphatic rings. The van der Waals surface area contributed by atoms with E-state index < -0.39 is 0 Å². The number of hydrogen-bond acceptors (Lipinski definition) is 5. The van der Waals surface area contributed by atoms with Gasteiger partial charge in [-0.3, -0.25) is 14.4 Å². The molecule has 0 aromatic carbocycles. The smallest absolute Gasteiger partial charge is 0.289 e. The maximum atomic E-state index is 11.8. The Labute approximate surface area is 154 Å². The predicted octanol–water partition coefficient (Wildman–Crippen LogP) is 1.47. The molecule has 138 valence electrons. The van der Waals surface area contributed by atoms with Crippen molar-refractivity contribution in [3.05, 3.63) is 16.4 Å². The van der Waals surface area contributed by atoms with Crippen LogP contribution in [0.3, 0.4) is 0 Å². The second-order valence-corrected chi connectivity index (χ2v) is 6.73. The monoisotopic (exact) mass is 414 g/mol. The van der Waals surface area contributed by atoms with Crippen LogP contribution in [-0.4, -0.2) is 54.0 Å². The van der Waals surface area contributed by atoms with E-state index in [0.717, 1.165) is 25.9 Å². The standard InChI is InChI=1S/C16H23BrN4O4/c17-13-11-12(25-20-13)16(24)19-8-3-5-14(22)18-7-4-6-15(23)21-9-1-2-10-21/h11H,1-10H2,(H,18,22)(H,19,24). The summed E-state index contributed by atoms with van der Waals surface area (Å²) in [6.07, 6.45) is 4.15. The molecule has 3 amide bonds. The first-order valence-electron chi connectivity index (χ1n) is 8.51. The second kappa shape index (κ2) is 10.2. The van der Waals surface area contributed by atoms with Crippen LogP contribution in [0.1, 0.15) is 49.1 Å². The maximum Gasteiger partial charge on any atom is 0.289 e. The molecule has 2 N–H and O–H groups in total. The van der Waals surface area contributed by atoms with Crippen molar-refractivity contribution in [3.8, 4) is 0 Å². The lowest BCUT2D eigenvalue weighted by Crippen LogP contribution is -2.30. The minimum atomic E-state index is -0.362. The van der Waals surface area contributed by atoms with Gasteiger partial charge in [0.15, 0.2) is 0 Å². The molecule has 1 aliphatic heterocycles. The topological polar surface area (TPSA) is 105 Å². The zero-order valence-corrected chi connectivity index (χ0v) is 15.6. The largest absolute Gasteiger partial charge is 0.356 e. The number of aromatic nitrogens is 1. The van der Waals surface area contributed by atoms with Crippen molar-refractivity contribution >= 4 is 33.7 Å². The summed E-state index contributed by atoms with van der Waals surface area (Å²) in [6, 6.07) is 1.48. The van der Waals surface area contributed by atoms with Gasteiger partial charge in [0, 0.05) is 45.1 Å². The highest BCUT2D eigenvalue weighted by Crippen LogP contribution is 2.10. The lowest BCUT2D eigenvalue weighted by Gasteiger charge is -2.14. The molecule has 9 heteroatoms. The molecule has 1 aromatic rings. The highest BCUT2D eigenvalue weighted by atomic mass is 79.9. The number of likely N-dealkylation sites (tertiary alicyclic amines) is 1. The predicted molar refractivity (Wildman–Crippen MR) is 93.8 cm³/mol. The summed E-state index contributed by atoms with van der Waals surface area (Å²) >= 11 is 3.10. The van der Waals surface area contributed by atoms with Crippen LogP contribution in [0.2, 0.25) is 0 Å². The molecular formula is C16H23BrN4O4. The Bertz CT molecular complexity index is 599. The molecule has 25 heavy (non-hydrogen) atoms. The summed E-state index contributed by atoms with van der Waals surface area (Å²) in [5.74, 6) is -0.142. The maximum absolute atomic E-state index is 11.8. The van der Waals surface area contributed by atoms with Gasteiger partial charge in [-0.15, -0.1) is 0 Å². The van der Waals surface area contributed by atoms with Gasteiger partial charge in [-0.1, -0.05) is 5.16 Å². The molecule has 0 spiro atoms. The summed E-state index contributed by atoms with van der Waals surface area (Å²) in [6.45, 7) is 2.60. The van der Waals surface area contributed by atoms with Gasteiger partial charge in [-0.2, -0.15) is 0 Å². The molecule has 2 rings (SSSR count). The molecular weight excluding hydrogens is 392 g/mol. The molecule has 0 radical (unpaired) electrons. The molecule has 0 bridgehead atoms. The van der Waals surface area contributed by atoms with E-state index in [2.05, 4.69) is 31.7 Å². The molecule has 1 saturated heterocycles. The van der Waals surface area contributed by atoms with E-state index in [1.807, 2.05) is 4.90 Å². The van der Waals surface area contributed by atoms with Crippen LogP contribution < -0.4 is 10.6 Å². The summed E-state index contributed by atoms with van der Waals surface area (Å²) < 4.78 is 5.27. The van der Waals surface area contributed by atoms with Crippen molar-refractivity contribution in [3.63, 3.8) is 0 Å². The summed E-state index contributed by atoms with van der Waals surface area (Å²) in [4.78, 5) is 37.1. The van der Waals surface area contributed by atoms with Gasteiger partial charge in [0.05, 0.1) is 0 Å². The van der Waals surface area contributed by atoms with E-state index in [1.54, 1.807) is 0 Å². The van der Waals surface area contributed by atoms with Crippen LogP contribution in [0.5, 0.6) is 0 Å². The van der Waals surface area contributed by atoms with Crippen molar-refractivity contribution < 1.29 is 18.9 Å². The average Bonchev–Trinajstić information content (AvgIpc) is 3.26. The Kier molecular flexibility index (Phi) is 7.90. The highest BCUT2D eigenvalue weighted by Gasteiger charge is 2.17. The fraction of sp³-hybridized carbons (Fsp3) is 0.625. The summed E-state index contributed by atoms with van der Waals surface area (Å²) in [5.41, 5.74) is 0. The zero-order chi connectivity index (χ0) is 18.1. The van der Waals surface area contributed by atoms with Crippen LogP contribution in [0.25, 0.3) is 0 Å². The third-order valence-electron chi connectivity index (χ3n) is 3.92. The van der Waals surface area contributed by atoms with Crippen molar-refractivity contribution in [2.24, 2.45) is 0 Å². The number of amides is 3. The highest BCUT2D eigenvalue weighted by molar-refractivity contribution is 9.10. The SMILES string of the molecule is O=C(CCCNC(=O)c1cc(Br)no1)NCCCC(=O)N1CCCC1. The molecule has 1 fully saturated rings. The molecule has 8 nitrogen and oxygen atoms in total. The molecule has 1 aromatic heterocycles. The molecule has 0 unspecified atom stereocenters. The summed E-state index contributed by atoms with van der Waals surface area (Å²) in [5, 5.41) is 9.02. The minimum Gasteiger partial charge on any atom is -0.356 e. The van der Waals surface area contributed by atoms with Crippen LogP contribution >= 0.6 is 15.9 Å². The van der Waals surface area contributed by atoms with E-state index in [-0.39, 0.29) is 23.5 Å². The number of carbonyl (C=O) groups excluding carboxylic acids is 3. The van der Waals surface area contributed by atoms with Crippen molar-refractivity contribution in [2.75, 3.05) is 26.2 Å². The molecule has 0 atom stereocenters. The van der Waals surface area contributed by atoms with Gasteiger partial charge >= 0.3 is 0 Å². The first-order valence-corrected chi connectivity index (χ1v) is 9.30. The van der Waals surface area contributed by atoms with Crippen LogP contribution in [0.4, 0.5) is 0 Å². The Balaban J connectivity index is 1.48. The Morgan fingerprint density at radius 2 is 1.80 bits per heavy atom. The van der Waals surface area contributed by atoms with E-state index in [4.69, 9.17) is 4.52 Å². The Morgan fingerprint density at radius 3 is 2.48 bits per heavy atom. The number of rotatable bonds is 9. The van der Waals surface area contributed by atoms with Gasteiger partial charge in [0.2, 0.25) is 17.6 Å². The Hall–Kier alpha value is -1.90. The number of nitrogens with zero attached hydrogens (tertiary/aromatic N) is 2. The third-order valence-corrected chi connectivity index (χ3v) is 4.29. The van der Waals surface area contributed by atoms with Crippen molar-refractivity contribution in [1.29, 1.82) is 0 Å². The van der Waals surface area contributed by atoms with Gasteiger partial charge in [0.1, 0.15) is 4.60 Å². The van der Waals surface area contributed by atoms with Gasteiger partial charge in [0.25, 0.3) is 5.91 Å². The van der Waals surface area contributed by atoms with Gasteiger partial charge in [-0.25, -0.2) is 0 Å². The van der Waals surface area contributed by atoms with Crippen molar-refractivity contribution in [2.45, 2.75) is 38.5 Å². The van der Waals surface area contributed by atoms with Crippen LogP contribution in [0.15, 0.2) is 15.2 Å². The number of halogens is 1. The lowest BCUT2D eigenvalue weighted by atomic mass is 10.2. The first-order chi connectivity index (χ1) is 12.1. The number of hydrogen-bond donors (Lipinski definition) is 2. The molecule has 0 saturated carbocycles. The van der Waals surface area contributed by atoms with E-state index >= 15 is 0 Å². The zero-order valence-electron chi connectivity index (χ0n) is 14.1. The molecule has 0 aliphatic carbocycles. The van der Waals surface area contributed by atoms with Crippen LogP contribution in [0, 0.1) is 0 Å². The fourth-order valence-corrected chi connectivity index (χ4v) is 2.86. The lowest BCUT2D eigenvalue weighted by molar-refractivity contribution is -0.130. The number of carbonyl (C=O) groups is 3. The normalized spacial score (nSPS) is 13.7. The van der Waals surface area contributed by atoms with E-state index in [9.17, 15) is 14.4 Å². The van der Waals surface area contributed by atoms with Crippen LogP contribution in [-0.2, 0) is 9.59 Å². The van der Waals surface area contributed by atoms with Crippen molar-refractivity contribution in [1.82, 2.24) is 20.7 Å².